The van der Waals surface area contributed by atoms with Crippen LogP contribution < -0.4 is 5.32 Å². The van der Waals surface area contributed by atoms with Gasteiger partial charge in [0.25, 0.3) is 0 Å². The van der Waals surface area contributed by atoms with Crippen LogP contribution in [0.2, 0.25) is 0 Å². The molecule has 2 saturated carbocycles. The van der Waals surface area contributed by atoms with Gasteiger partial charge in [-0.1, -0.05) is 25.5 Å². The van der Waals surface area contributed by atoms with Crippen molar-refractivity contribution in [1.82, 2.24) is 14.9 Å². The molecule has 2 aliphatic carbocycles. The molecular formula is C20H27N3O. The highest BCUT2D eigenvalue weighted by atomic mass is 16.1. The highest BCUT2D eigenvalue weighted by Crippen LogP contribution is 2.49. The average molecular weight is 325 g/mol. The summed E-state index contributed by atoms with van der Waals surface area (Å²) < 4.78 is 2.09. The summed E-state index contributed by atoms with van der Waals surface area (Å²) in [7, 11) is 0. The lowest BCUT2D eigenvalue weighted by Gasteiger charge is -2.29. The van der Waals surface area contributed by atoms with Gasteiger partial charge < -0.3 is 9.88 Å². The minimum atomic E-state index is -0.0522. The van der Waals surface area contributed by atoms with Crippen LogP contribution in [0.15, 0.2) is 30.6 Å². The minimum Gasteiger partial charge on any atom is -0.353 e. The van der Waals surface area contributed by atoms with Crippen LogP contribution in [0, 0.1) is 23.7 Å². The maximum Gasteiger partial charge on any atom is 0.224 e. The zero-order chi connectivity index (χ0) is 16.7. The number of carbonyl (C=O) groups excluding carboxylic acids is 1. The summed E-state index contributed by atoms with van der Waals surface area (Å²) in [5.41, 5.74) is 2.08. The quantitative estimate of drug-likeness (QED) is 0.913. The van der Waals surface area contributed by atoms with Crippen molar-refractivity contribution in [1.29, 1.82) is 0 Å². The van der Waals surface area contributed by atoms with Crippen LogP contribution >= 0.6 is 0 Å². The Morgan fingerprint density at radius 2 is 2.12 bits per heavy atom. The van der Waals surface area contributed by atoms with Gasteiger partial charge in [0.2, 0.25) is 5.91 Å². The third-order valence-electron chi connectivity index (χ3n) is 6.25. The number of benzene rings is 1. The zero-order valence-electron chi connectivity index (χ0n) is 14.6. The molecule has 1 heterocycles. The van der Waals surface area contributed by atoms with Gasteiger partial charge in [0.05, 0.1) is 23.3 Å². The van der Waals surface area contributed by atoms with E-state index in [9.17, 15) is 4.79 Å². The number of rotatable bonds is 5. The number of para-hydroxylation sites is 2. The van der Waals surface area contributed by atoms with Crippen molar-refractivity contribution in [2.45, 2.75) is 52.1 Å². The van der Waals surface area contributed by atoms with Gasteiger partial charge in [0.1, 0.15) is 0 Å². The summed E-state index contributed by atoms with van der Waals surface area (Å²) in [4.78, 5) is 17.0. The molecule has 1 aromatic carbocycles. The van der Waals surface area contributed by atoms with Gasteiger partial charge in [0, 0.05) is 12.6 Å². The van der Waals surface area contributed by atoms with E-state index in [0.717, 1.165) is 22.9 Å². The topological polar surface area (TPSA) is 46.9 Å². The fourth-order valence-corrected chi connectivity index (χ4v) is 4.91. The van der Waals surface area contributed by atoms with Crippen molar-refractivity contribution in [2.24, 2.45) is 23.7 Å². The molecular weight excluding hydrogens is 298 g/mol. The molecule has 0 spiro atoms. The summed E-state index contributed by atoms with van der Waals surface area (Å²) in [6.07, 6.45) is 7.32. The molecule has 0 saturated heterocycles. The summed E-state index contributed by atoms with van der Waals surface area (Å²) >= 11 is 0. The second-order valence-electron chi connectivity index (χ2n) is 7.92. The van der Waals surface area contributed by atoms with Crippen molar-refractivity contribution in [3.05, 3.63) is 30.6 Å². The molecule has 4 rings (SSSR count). The van der Waals surface area contributed by atoms with Gasteiger partial charge in [-0.15, -0.1) is 0 Å². The first-order chi connectivity index (χ1) is 11.6. The molecule has 2 aliphatic rings. The molecule has 4 nitrogen and oxygen atoms in total. The van der Waals surface area contributed by atoms with E-state index in [1.807, 2.05) is 31.5 Å². The number of nitrogens with zero attached hydrogens (tertiary/aromatic N) is 2. The van der Waals surface area contributed by atoms with Gasteiger partial charge in [-0.25, -0.2) is 4.98 Å². The first-order valence-electron chi connectivity index (χ1n) is 9.32. The number of amides is 1. The molecule has 2 fully saturated rings. The number of carbonyl (C=O) groups is 1. The van der Waals surface area contributed by atoms with Crippen molar-refractivity contribution in [3.63, 3.8) is 0 Å². The standard InChI is InChI=1S/C20H27N3O/c1-13(11-23-12-21-18-5-3-4-6-19(18)23)20(24)22-14(2)17-10-15-7-8-16(17)9-15/h3-6,12-17H,7-11H2,1-2H3,(H,22,24)/t13-,14-,15+,16+,17-/m1/s1. The Hall–Kier alpha value is -1.84. The van der Waals surface area contributed by atoms with Gasteiger partial charge in [-0.2, -0.15) is 0 Å². The normalized spacial score (nSPS) is 28.2. The van der Waals surface area contributed by atoms with Crippen molar-refractivity contribution >= 4 is 16.9 Å². The average Bonchev–Trinajstić information content (AvgIpc) is 3.30. The molecule has 1 N–H and O–H groups in total. The monoisotopic (exact) mass is 325 g/mol. The van der Waals surface area contributed by atoms with E-state index < -0.39 is 0 Å². The van der Waals surface area contributed by atoms with E-state index in [-0.39, 0.29) is 11.8 Å². The number of fused-ring (bicyclic) bond motifs is 3. The molecule has 0 aliphatic heterocycles. The molecule has 128 valence electrons. The Kier molecular flexibility index (Phi) is 4.07. The van der Waals surface area contributed by atoms with E-state index in [1.54, 1.807) is 0 Å². The molecule has 5 atom stereocenters. The number of hydrogen-bond donors (Lipinski definition) is 1. The van der Waals surface area contributed by atoms with Crippen LogP contribution in [-0.2, 0) is 11.3 Å². The molecule has 0 unspecified atom stereocenters. The third kappa shape index (κ3) is 2.83. The number of imidazole rings is 1. The van der Waals surface area contributed by atoms with Crippen LogP contribution in [0.3, 0.4) is 0 Å². The molecule has 1 aromatic heterocycles. The second kappa shape index (κ2) is 6.23. The van der Waals surface area contributed by atoms with E-state index >= 15 is 0 Å². The molecule has 4 heteroatoms. The Morgan fingerprint density at radius 1 is 1.29 bits per heavy atom. The molecule has 0 radical (unpaired) electrons. The molecule has 1 amide bonds. The first-order valence-corrected chi connectivity index (χ1v) is 9.32. The lowest BCUT2D eigenvalue weighted by Crippen LogP contribution is -2.43. The fourth-order valence-electron chi connectivity index (χ4n) is 4.91. The van der Waals surface area contributed by atoms with Crippen LogP contribution in [0.4, 0.5) is 0 Å². The SMILES string of the molecule is C[C@H](Cn1cnc2ccccc21)C(=O)N[C@H](C)[C@H]1C[C@H]2CC[C@H]1C2. The van der Waals surface area contributed by atoms with Gasteiger partial charge in [-0.3, -0.25) is 4.79 Å². The molecule has 24 heavy (non-hydrogen) atoms. The Bertz CT molecular complexity index is 737. The Morgan fingerprint density at radius 3 is 2.88 bits per heavy atom. The van der Waals surface area contributed by atoms with Crippen LogP contribution in [0.1, 0.15) is 39.5 Å². The second-order valence-corrected chi connectivity index (χ2v) is 7.92. The highest BCUT2D eigenvalue weighted by Gasteiger charge is 2.42. The van der Waals surface area contributed by atoms with Gasteiger partial charge in [0.15, 0.2) is 0 Å². The highest BCUT2D eigenvalue weighted by molar-refractivity contribution is 5.79. The Balaban J connectivity index is 1.37. The van der Waals surface area contributed by atoms with Gasteiger partial charge >= 0.3 is 0 Å². The van der Waals surface area contributed by atoms with E-state index in [4.69, 9.17) is 0 Å². The van der Waals surface area contributed by atoms with E-state index in [1.165, 1.54) is 25.7 Å². The van der Waals surface area contributed by atoms with Crippen LogP contribution in [-0.4, -0.2) is 21.5 Å². The number of aromatic nitrogens is 2. The summed E-state index contributed by atoms with van der Waals surface area (Å²) in [5.74, 6) is 2.58. The third-order valence-corrected chi connectivity index (χ3v) is 6.25. The predicted molar refractivity (Wildman–Crippen MR) is 95.4 cm³/mol. The smallest absolute Gasteiger partial charge is 0.224 e. The fraction of sp³-hybridized carbons (Fsp3) is 0.600. The van der Waals surface area contributed by atoms with Crippen LogP contribution in [0.5, 0.6) is 0 Å². The summed E-state index contributed by atoms with van der Waals surface area (Å²) in [6, 6.07) is 8.38. The zero-order valence-corrected chi connectivity index (χ0v) is 14.6. The minimum absolute atomic E-state index is 0.0522. The summed E-state index contributed by atoms with van der Waals surface area (Å²) in [6.45, 7) is 4.88. The maximum atomic E-state index is 12.6. The number of nitrogens with one attached hydrogen (secondary N) is 1. The number of hydrogen-bond acceptors (Lipinski definition) is 2. The van der Waals surface area contributed by atoms with Crippen molar-refractivity contribution < 1.29 is 4.79 Å². The van der Waals surface area contributed by atoms with Crippen molar-refractivity contribution in [3.8, 4) is 0 Å². The lowest BCUT2D eigenvalue weighted by molar-refractivity contribution is -0.126. The van der Waals surface area contributed by atoms with Gasteiger partial charge in [-0.05, 0) is 56.1 Å². The lowest BCUT2D eigenvalue weighted by atomic mass is 9.84. The van der Waals surface area contributed by atoms with E-state index in [2.05, 4.69) is 27.9 Å². The largest absolute Gasteiger partial charge is 0.353 e. The molecule has 2 aromatic rings. The van der Waals surface area contributed by atoms with Crippen molar-refractivity contribution in [2.75, 3.05) is 0 Å². The molecule has 2 bridgehead atoms. The predicted octanol–water partition coefficient (Wildman–Crippen LogP) is 3.61. The summed E-state index contributed by atoms with van der Waals surface area (Å²) in [5, 5.41) is 3.29. The Labute approximate surface area is 143 Å². The van der Waals surface area contributed by atoms with Crippen LogP contribution in [0.25, 0.3) is 11.0 Å². The first kappa shape index (κ1) is 15.7. The van der Waals surface area contributed by atoms with E-state index in [0.29, 0.717) is 18.5 Å². The maximum absolute atomic E-state index is 12.6.